The Balaban J connectivity index is 2.80. The number of carbonyl (C=O) groups is 2. The maximum atomic E-state index is 12.4. The number of carboxylic acid groups (broad SMARTS) is 1. The van der Waals surface area contributed by atoms with E-state index in [0.717, 1.165) is 12.1 Å². The smallest absolute Gasteiger partial charge is 0.341 e. The third-order valence-electron chi connectivity index (χ3n) is 3.65. The summed E-state index contributed by atoms with van der Waals surface area (Å²) in [7, 11) is -4.68. The molecule has 0 bridgehead atoms. The van der Waals surface area contributed by atoms with Crippen LogP contribution >= 0.6 is 0 Å². The Labute approximate surface area is 138 Å². The van der Waals surface area contributed by atoms with Gasteiger partial charge in [0.2, 0.25) is 15.7 Å². The van der Waals surface area contributed by atoms with E-state index >= 15 is 0 Å². The number of hydrogen-bond acceptors (Lipinski definition) is 4. The molecule has 0 spiro atoms. The summed E-state index contributed by atoms with van der Waals surface area (Å²) < 4.78 is 47.5. The monoisotopic (exact) mass is 363 g/mol. The number of amides is 1. The minimum atomic E-state index is -4.68. The number of hydrogen-bond donors (Lipinski definition) is 2. The second-order valence-electron chi connectivity index (χ2n) is 5.40. The Morgan fingerprint density at radius 2 is 1.75 bits per heavy atom. The van der Waals surface area contributed by atoms with Gasteiger partial charge in [0.15, 0.2) is 0 Å². The maximum Gasteiger partial charge on any atom is 0.341 e. The highest BCUT2D eigenvalue weighted by molar-refractivity contribution is 7.91. The predicted molar refractivity (Wildman–Crippen MR) is 82.4 cm³/mol. The van der Waals surface area contributed by atoms with E-state index in [9.17, 15) is 26.8 Å². The summed E-state index contributed by atoms with van der Waals surface area (Å²) in [6.07, 6.45) is 0.382. The van der Waals surface area contributed by atoms with Gasteiger partial charge in [-0.25, -0.2) is 13.2 Å². The molecule has 1 aromatic rings. The molecular formula is C15H19F2NO5S. The largest absolute Gasteiger partial charge is 0.480 e. The average molecular weight is 363 g/mol. The first kappa shape index (κ1) is 20.0. The van der Waals surface area contributed by atoms with Crippen molar-refractivity contribution < 1.29 is 31.9 Å². The van der Waals surface area contributed by atoms with Gasteiger partial charge in [-0.05, 0) is 23.6 Å². The van der Waals surface area contributed by atoms with E-state index in [4.69, 9.17) is 5.11 Å². The number of sulfone groups is 1. The third kappa shape index (κ3) is 4.98. The van der Waals surface area contributed by atoms with Crippen molar-refractivity contribution in [3.8, 4) is 0 Å². The summed E-state index contributed by atoms with van der Waals surface area (Å²) in [5.41, 5.74) is 0.383. The molecule has 1 amide bonds. The zero-order valence-electron chi connectivity index (χ0n) is 13.2. The predicted octanol–water partition coefficient (Wildman–Crippen LogP) is 1.84. The number of halogens is 2. The second kappa shape index (κ2) is 8.18. The average Bonchev–Trinajstić information content (AvgIpc) is 2.52. The van der Waals surface area contributed by atoms with E-state index in [1.165, 1.54) is 12.1 Å². The standard InChI is InChI=1S/C15H19F2NO5S/c1-3-9(2)13(14(20)21)18-12(19)8-10-4-6-11(7-5-10)24(22,23)15(16)17/h4-7,9,13,15H,3,8H2,1-2H3,(H,18,19)(H,20,21)/t9-,13-/m0/s1. The molecule has 0 fully saturated rings. The second-order valence-corrected chi connectivity index (χ2v) is 7.31. The lowest BCUT2D eigenvalue weighted by molar-refractivity contribution is -0.143. The molecule has 0 radical (unpaired) electrons. The van der Waals surface area contributed by atoms with Crippen LogP contribution in [0.3, 0.4) is 0 Å². The van der Waals surface area contributed by atoms with Crippen LogP contribution in [-0.2, 0) is 25.8 Å². The summed E-state index contributed by atoms with van der Waals surface area (Å²) >= 11 is 0. The third-order valence-corrected chi connectivity index (χ3v) is 5.05. The van der Waals surface area contributed by atoms with Gasteiger partial charge in [-0.15, -0.1) is 0 Å². The van der Waals surface area contributed by atoms with Crippen molar-refractivity contribution in [2.45, 2.75) is 43.4 Å². The molecule has 0 saturated carbocycles. The molecule has 0 aliphatic carbocycles. The first-order valence-corrected chi connectivity index (χ1v) is 8.77. The van der Waals surface area contributed by atoms with Crippen LogP contribution in [-0.4, -0.2) is 37.2 Å². The highest BCUT2D eigenvalue weighted by Crippen LogP contribution is 2.19. The van der Waals surface area contributed by atoms with Crippen molar-refractivity contribution in [1.29, 1.82) is 0 Å². The number of carboxylic acids is 1. The molecule has 0 aliphatic rings. The van der Waals surface area contributed by atoms with Crippen LogP contribution in [0.15, 0.2) is 29.2 Å². The molecule has 0 aromatic heterocycles. The molecule has 9 heteroatoms. The summed E-state index contributed by atoms with van der Waals surface area (Å²) in [6, 6.07) is 3.45. The number of alkyl halides is 2. The van der Waals surface area contributed by atoms with Crippen molar-refractivity contribution in [3.63, 3.8) is 0 Å². The van der Waals surface area contributed by atoms with Gasteiger partial charge in [-0.1, -0.05) is 32.4 Å². The number of rotatable bonds is 8. The lowest BCUT2D eigenvalue weighted by Gasteiger charge is -2.20. The summed E-state index contributed by atoms with van der Waals surface area (Å²) in [6.45, 7) is 3.50. The Bertz CT molecular complexity index is 688. The van der Waals surface area contributed by atoms with E-state index in [-0.39, 0.29) is 12.3 Å². The number of benzene rings is 1. The molecule has 1 aromatic carbocycles. The van der Waals surface area contributed by atoms with E-state index in [1.807, 2.05) is 0 Å². The Kier molecular flexibility index (Phi) is 6.82. The molecule has 6 nitrogen and oxygen atoms in total. The van der Waals surface area contributed by atoms with Crippen LogP contribution < -0.4 is 5.32 Å². The zero-order chi connectivity index (χ0) is 18.5. The Hall–Kier alpha value is -2.03. The quantitative estimate of drug-likeness (QED) is 0.734. The molecule has 0 heterocycles. The maximum absolute atomic E-state index is 12.4. The molecule has 0 unspecified atom stereocenters. The van der Waals surface area contributed by atoms with Crippen molar-refractivity contribution >= 4 is 21.7 Å². The van der Waals surface area contributed by atoms with E-state index < -0.39 is 38.4 Å². The SMILES string of the molecule is CC[C@H](C)[C@H](NC(=O)Cc1ccc(S(=O)(=O)C(F)F)cc1)C(=O)O. The van der Waals surface area contributed by atoms with E-state index in [0.29, 0.717) is 12.0 Å². The van der Waals surface area contributed by atoms with Crippen LogP contribution in [0, 0.1) is 5.92 Å². The van der Waals surface area contributed by atoms with Crippen molar-refractivity contribution in [2.24, 2.45) is 5.92 Å². The van der Waals surface area contributed by atoms with Gasteiger partial charge < -0.3 is 10.4 Å². The number of aliphatic carboxylic acids is 1. The first-order valence-electron chi connectivity index (χ1n) is 7.22. The summed E-state index contributed by atoms with van der Waals surface area (Å²) in [5.74, 6) is -5.47. The van der Waals surface area contributed by atoms with E-state index in [2.05, 4.69) is 5.32 Å². The van der Waals surface area contributed by atoms with Gasteiger partial charge in [-0.3, -0.25) is 4.79 Å². The van der Waals surface area contributed by atoms with E-state index in [1.54, 1.807) is 13.8 Å². The minimum Gasteiger partial charge on any atom is -0.480 e. The lowest BCUT2D eigenvalue weighted by Crippen LogP contribution is -2.45. The van der Waals surface area contributed by atoms with Crippen LogP contribution in [0.4, 0.5) is 8.78 Å². The van der Waals surface area contributed by atoms with Gasteiger partial charge >= 0.3 is 11.7 Å². The van der Waals surface area contributed by atoms with Gasteiger partial charge in [0, 0.05) is 0 Å². The van der Waals surface area contributed by atoms with Crippen LogP contribution in [0.2, 0.25) is 0 Å². The Morgan fingerprint density at radius 1 is 1.21 bits per heavy atom. The molecule has 2 N–H and O–H groups in total. The topological polar surface area (TPSA) is 101 Å². The van der Waals surface area contributed by atoms with Crippen molar-refractivity contribution in [2.75, 3.05) is 0 Å². The highest BCUT2D eigenvalue weighted by atomic mass is 32.2. The van der Waals surface area contributed by atoms with Gasteiger partial charge in [0.05, 0.1) is 11.3 Å². The Morgan fingerprint density at radius 3 is 2.17 bits per heavy atom. The fraction of sp³-hybridized carbons (Fsp3) is 0.467. The highest BCUT2D eigenvalue weighted by Gasteiger charge is 2.27. The number of carbonyl (C=O) groups excluding carboxylic acids is 1. The number of nitrogens with one attached hydrogen (secondary N) is 1. The van der Waals surface area contributed by atoms with Gasteiger partial charge in [0.1, 0.15) is 6.04 Å². The van der Waals surface area contributed by atoms with Gasteiger partial charge in [-0.2, -0.15) is 8.78 Å². The molecule has 1 rings (SSSR count). The molecule has 0 saturated heterocycles. The summed E-state index contributed by atoms with van der Waals surface area (Å²) in [4.78, 5) is 22.5. The first-order chi connectivity index (χ1) is 11.1. The molecule has 0 aliphatic heterocycles. The van der Waals surface area contributed by atoms with Crippen LogP contribution in [0.1, 0.15) is 25.8 Å². The molecule has 134 valence electrons. The van der Waals surface area contributed by atoms with Crippen LogP contribution in [0.25, 0.3) is 0 Å². The zero-order valence-corrected chi connectivity index (χ0v) is 14.0. The molecular weight excluding hydrogens is 344 g/mol. The molecule has 2 atom stereocenters. The van der Waals surface area contributed by atoms with Crippen molar-refractivity contribution in [1.82, 2.24) is 5.32 Å². The molecule has 24 heavy (non-hydrogen) atoms. The summed E-state index contributed by atoms with van der Waals surface area (Å²) in [5, 5.41) is 11.5. The van der Waals surface area contributed by atoms with Gasteiger partial charge in [0.25, 0.3) is 0 Å². The van der Waals surface area contributed by atoms with Crippen LogP contribution in [0.5, 0.6) is 0 Å². The fourth-order valence-corrected chi connectivity index (χ4v) is 2.71. The minimum absolute atomic E-state index is 0.185. The fourth-order valence-electron chi connectivity index (χ4n) is 1.99. The van der Waals surface area contributed by atoms with Crippen molar-refractivity contribution in [3.05, 3.63) is 29.8 Å². The normalized spacial score (nSPS) is 14.2. The lowest BCUT2D eigenvalue weighted by atomic mass is 9.99.